The van der Waals surface area contributed by atoms with Gasteiger partial charge in [-0.05, 0) is 12.1 Å². The molecule has 1 nitrogen and oxygen atoms in total. The number of nitrogens with zero attached hydrogens (tertiary/aromatic N) is 1. The number of aromatic nitrogens is 1. The van der Waals surface area contributed by atoms with Crippen LogP contribution in [-0.4, -0.2) is 3.97 Å². The fourth-order valence-corrected chi connectivity index (χ4v) is 2.04. The van der Waals surface area contributed by atoms with Crippen LogP contribution in [0.5, 0.6) is 0 Å². The van der Waals surface area contributed by atoms with Crippen molar-refractivity contribution in [3.8, 4) is 0 Å². The molecule has 84 valence electrons. The lowest BCUT2D eigenvalue weighted by molar-refractivity contribution is 1.33. The summed E-state index contributed by atoms with van der Waals surface area (Å²) >= 11 is 4.42. The molecule has 2 heteroatoms. The van der Waals surface area contributed by atoms with Crippen LogP contribution in [0, 0.1) is 0 Å². The van der Waals surface area contributed by atoms with E-state index < -0.39 is 0 Å². The van der Waals surface area contributed by atoms with E-state index in [1.165, 1.54) is 0 Å². The van der Waals surface area contributed by atoms with Gasteiger partial charge in [0.15, 0.2) is 0 Å². The second kappa shape index (κ2) is 5.61. The molecule has 0 spiro atoms. The van der Waals surface area contributed by atoms with E-state index in [2.05, 4.69) is 32.0 Å². The molecule has 0 radical (unpaired) electrons. The van der Waals surface area contributed by atoms with Crippen molar-refractivity contribution in [1.82, 2.24) is 3.97 Å². The minimum Gasteiger partial charge on any atom is -0.286 e. The zero-order valence-electron chi connectivity index (χ0n) is 9.77. The van der Waals surface area contributed by atoms with Gasteiger partial charge in [0, 0.05) is 10.9 Å². The van der Waals surface area contributed by atoms with Crippen molar-refractivity contribution >= 4 is 35.9 Å². The molecule has 1 aromatic carbocycles. The molecule has 0 N–H and O–H groups in total. The van der Waals surface area contributed by atoms with Gasteiger partial charge in [0.2, 0.25) is 0 Å². The third kappa shape index (κ3) is 1.93. The van der Waals surface area contributed by atoms with Gasteiger partial charge >= 0.3 is 0 Å². The normalized spacial score (nSPS) is 9.44. The highest BCUT2D eigenvalue weighted by atomic mass is 32.1. The molecule has 16 heavy (non-hydrogen) atoms. The molecule has 1 heterocycles. The molecule has 0 saturated heterocycles. The summed E-state index contributed by atoms with van der Waals surface area (Å²) in [5.74, 6) is 0. The monoisotopic (exact) mass is 231 g/mol. The first-order valence-electron chi connectivity index (χ1n) is 5.37. The highest BCUT2D eigenvalue weighted by Gasteiger charge is 2.09. The Labute approximate surface area is 103 Å². The highest BCUT2D eigenvalue weighted by Crippen LogP contribution is 2.28. The number of hydrogen-bond donors (Lipinski definition) is 1. The van der Waals surface area contributed by atoms with Gasteiger partial charge in [0.05, 0.1) is 11.2 Å². The van der Waals surface area contributed by atoms with Crippen LogP contribution in [0.1, 0.15) is 25.1 Å². The van der Waals surface area contributed by atoms with E-state index in [1.807, 2.05) is 42.1 Å². The van der Waals surface area contributed by atoms with Crippen LogP contribution in [0.4, 0.5) is 0 Å². The lowest BCUT2D eigenvalue weighted by Crippen LogP contribution is -1.82. The zero-order valence-corrected chi connectivity index (χ0v) is 10.7. The second-order valence-corrected chi connectivity index (χ2v) is 3.44. The predicted molar refractivity (Wildman–Crippen MR) is 77.9 cm³/mol. The second-order valence-electron chi connectivity index (χ2n) is 3.04. The first kappa shape index (κ1) is 12.7. The standard InChI is InChI=1S/C12H11NS.C2H6/c1-3-9-10-7-5-6-8-12(10)13(14)11(9)4-2;1-2/h3-8,14H,1-2H2;1-2H3. The number of thiol groups is 1. The van der Waals surface area contributed by atoms with E-state index in [4.69, 9.17) is 0 Å². The fourth-order valence-electron chi connectivity index (χ4n) is 1.68. The highest BCUT2D eigenvalue weighted by molar-refractivity contribution is 7.78. The fraction of sp³-hybridized carbons (Fsp3) is 0.143. The third-order valence-electron chi connectivity index (χ3n) is 2.32. The van der Waals surface area contributed by atoms with E-state index in [-0.39, 0.29) is 0 Å². The van der Waals surface area contributed by atoms with Crippen molar-refractivity contribution in [2.45, 2.75) is 13.8 Å². The van der Waals surface area contributed by atoms with E-state index in [9.17, 15) is 0 Å². The Morgan fingerprint density at radius 2 is 1.75 bits per heavy atom. The van der Waals surface area contributed by atoms with Gasteiger partial charge in [-0.1, -0.05) is 64.1 Å². The Hall–Kier alpha value is -1.41. The van der Waals surface area contributed by atoms with Gasteiger partial charge in [0.1, 0.15) is 0 Å². The summed E-state index contributed by atoms with van der Waals surface area (Å²) in [6.07, 6.45) is 3.64. The number of fused-ring (bicyclic) bond motifs is 1. The maximum absolute atomic E-state index is 4.42. The van der Waals surface area contributed by atoms with Crippen molar-refractivity contribution in [3.63, 3.8) is 0 Å². The Balaban J connectivity index is 0.000000606. The van der Waals surface area contributed by atoms with Crippen molar-refractivity contribution in [2.75, 3.05) is 0 Å². The van der Waals surface area contributed by atoms with Gasteiger partial charge < -0.3 is 0 Å². The molecule has 2 rings (SSSR count). The van der Waals surface area contributed by atoms with Crippen LogP contribution < -0.4 is 0 Å². The topological polar surface area (TPSA) is 4.93 Å². The number of hydrogen-bond acceptors (Lipinski definition) is 1. The molecular weight excluding hydrogens is 214 g/mol. The maximum atomic E-state index is 4.42. The minimum absolute atomic E-state index is 0.990. The van der Waals surface area contributed by atoms with E-state index in [0.29, 0.717) is 0 Å². The Bertz CT molecular complexity index is 509. The summed E-state index contributed by atoms with van der Waals surface area (Å²) in [6, 6.07) is 8.10. The Morgan fingerprint density at radius 3 is 2.31 bits per heavy atom. The van der Waals surface area contributed by atoms with Gasteiger partial charge in [-0.15, -0.1) is 0 Å². The number of para-hydroxylation sites is 1. The van der Waals surface area contributed by atoms with Crippen LogP contribution in [0.2, 0.25) is 0 Å². The van der Waals surface area contributed by atoms with Gasteiger partial charge in [0.25, 0.3) is 0 Å². The Kier molecular flexibility index (Phi) is 4.44. The molecule has 0 bridgehead atoms. The summed E-state index contributed by atoms with van der Waals surface area (Å²) in [4.78, 5) is 0. The van der Waals surface area contributed by atoms with Crippen molar-refractivity contribution in [3.05, 3.63) is 48.7 Å². The molecule has 0 saturated carbocycles. The van der Waals surface area contributed by atoms with E-state index in [1.54, 1.807) is 6.08 Å². The molecule has 0 amide bonds. The first-order chi connectivity index (χ1) is 7.79. The van der Waals surface area contributed by atoms with Crippen LogP contribution in [-0.2, 0) is 0 Å². The quantitative estimate of drug-likeness (QED) is 0.718. The molecule has 1 aromatic heterocycles. The van der Waals surface area contributed by atoms with Crippen molar-refractivity contribution < 1.29 is 0 Å². The van der Waals surface area contributed by atoms with Crippen molar-refractivity contribution in [2.24, 2.45) is 0 Å². The van der Waals surface area contributed by atoms with Gasteiger partial charge in [-0.25, -0.2) is 0 Å². The lowest BCUT2D eigenvalue weighted by Gasteiger charge is -1.96. The zero-order chi connectivity index (χ0) is 12.1. The first-order valence-corrected chi connectivity index (χ1v) is 5.77. The largest absolute Gasteiger partial charge is 0.286 e. The maximum Gasteiger partial charge on any atom is 0.0602 e. The van der Waals surface area contributed by atoms with Gasteiger partial charge in [-0.3, -0.25) is 3.97 Å². The minimum atomic E-state index is 0.990. The van der Waals surface area contributed by atoms with E-state index in [0.717, 1.165) is 22.2 Å². The summed E-state index contributed by atoms with van der Waals surface area (Å²) in [5.41, 5.74) is 3.16. The smallest absolute Gasteiger partial charge is 0.0602 e. The summed E-state index contributed by atoms with van der Waals surface area (Å²) in [6.45, 7) is 11.6. The summed E-state index contributed by atoms with van der Waals surface area (Å²) in [7, 11) is 0. The van der Waals surface area contributed by atoms with Crippen LogP contribution in [0.25, 0.3) is 23.1 Å². The van der Waals surface area contributed by atoms with Crippen LogP contribution >= 0.6 is 12.8 Å². The van der Waals surface area contributed by atoms with Crippen molar-refractivity contribution in [1.29, 1.82) is 0 Å². The molecule has 0 unspecified atom stereocenters. The summed E-state index contributed by atoms with van der Waals surface area (Å²) in [5, 5.41) is 1.16. The Morgan fingerprint density at radius 1 is 1.12 bits per heavy atom. The van der Waals surface area contributed by atoms with E-state index >= 15 is 0 Å². The summed E-state index contributed by atoms with van der Waals surface area (Å²) < 4.78 is 1.83. The molecular formula is C14H17NS. The SMILES string of the molecule is C=Cc1c(C=C)n(S)c2ccccc12.CC. The van der Waals surface area contributed by atoms with Gasteiger partial charge in [-0.2, -0.15) is 0 Å². The molecule has 0 atom stereocenters. The average Bonchev–Trinajstić information content (AvgIpc) is 2.64. The van der Waals surface area contributed by atoms with Crippen LogP contribution in [0.15, 0.2) is 37.4 Å². The third-order valence-corrected chi connectivity index (χ3v) is 2.75. The molecule has 0 aliphatic carbocycles. The molecule has 0 aliphatic rings. The number of rotatable bonds is 2. The average molecular weight is 231 g/mol. The lowest BCUT2D eigenvalue weighted by atomic mass is 10.1. The van der Waals surface area contributed by atoms with Crippen LogP contribution in [0.3, 0.4) is 0 Å². The molecule has 0 fully saturated rings. The predicted octanol–water partition coefficient (Wildman–Crippen LogP) is 4.65. The molecule has 2 aromatic rings. The number of benzene rings is 1. The molecule has 0 aliphatic heterocycles.